The Morgan fingerprint density at radius 2 is 1.91 bits per heavy atom. The van der Waals surface area contributed by atoms with Gasteiger partial charge in [-0.15, -0.1) is 0 Å². The quantitative estimate of drug-likeness (QED) is 0.911. The van der Waals surface area contributed by atoms with Crippen LogP contribution in [0.3, 0.4) is 0 Å². The van der Waals surface area contributed by atoms with E-state index in [1.807, 2.05) is 0 Å². The third-order valence-electron chi connectivity index (χ3n) is 4.13. The fraction of sp³-hybridized carbons (Fsp3) is 0.562. The minimum absolute atomic E-state index is 0.237. The van der Waals surface area contributed by atoms with Crippen molar-refractivity contribution in [3.8, 4) is 0 Å². The lowest BCUT2D eigenvalue weighted by Crippen LogP contribution is -2.49. The topological polar surface area (TPSA) is 40.5 Å². The number of β-amino-alcohol motifs (C(OH)–C–C–N with tert-alkyl or cyclic N) is 1. The molecule has 0 aliphatic carbocycles. The second-order valence-electron chi connectivity index (χ2n) is 6.25. The number of alkyl halides is 3. The average molecular weight is 315 g/mol. The molecule has 0 bridgehead atoms. The van der Waals surface area contributed by atoms with Crippen LogP contribution in [0.4, 0.5) is 13.2 Å². The van der Waals surface area contributed by atoms with Crippen LogP contribution in [0.2, 0.25) is 0 Å². The van der Waals surface area contributed by atoms with Crippen LogP contribution >= 0.6 is 0 Å². The largest absolute Gasteiger partial charge is 0.416 e. The molecule has 1 heterocycles. The average Bonchev–Trinajstić information content (AvgIpc) is 2.45. The first-order valence-electron chi connectivity index (χ1n) is 7.27. The van der Waals surface area contributed by atoms with Crippen LogP contribution < -0.4 is 0 Å². The maximum atomic E-state index is 12.8. The van der Waals surface area contributed by atoms with Crippen molar-refractivity contribution in [2.45, 2.75) is 44.4 Å². The van der Waals surface area contributed by atoms with Crippen LogP contribution in [0.25, 0.3) is 0 Å². The Labute approximate surface area is 127 Å². The Balaban J connectivity index is 2.27. The molecular weight excluding hydrogens is 295 g/mol. The van der Waals surface area contributed by atoms with E-state index >= 15 is 0 Å². The molecule has 1 aliphatic heterocycles. The Bertz CT molecular complexity index is 555. The highest BCUT2D eigenvalue weighted by molar-refractivity contribution is 5.87. The Morgan fingerprint density at radius 3 is 2.50 bits per heavy atom. The normalized spacial score (nSPS) is 20.1. The fourth-order valence-corrected chi connectivity index (χ4v) is 2.74. The summed E-state index contributed by atoms with van der Waals surface area (Å²) in [6.45, 7) is 4.00. The summed E-state index contributed by atoms with van der Waals surface area (Å²) in [7, 11) is 0. The van der Waals surface area contributed by atoms with Gasteiger partial charge in [-0.3, -0.25) is 4.79 Å². The van der Waals surface area contributed by atoms with E-state index in [4.69, 9.17) is 0 Å². The van der Waals surface area contributed by atoms with Gasteiger partial charge >= 0.3 is 6.18 Å². The first-order chi connectivity index (χ1) is 10.1. The monoisotopic (exact) mass is 315 g/mol. The minimum Gasteiger partial charge on any atom is -0.391 e. The summed E-state index contributed by atoms with van der Waals surface area (Å²) in [5, 5.41) is 9.67. The number of benzene rings is 1. The van der Waals surface area contributed by atoms with Crippen molar-refractivity contribution in [2.24, 2.45) is 0 Å². The van der Waals surface area contributed by atoms with Crippen LogP contribution in [-0.2, 0) is 16.4 Å². The fourth-order valence-electron chi connectivity index (χ4n) is 2.74. The summed E-state index contributed by atoms with van der Waals surface area (Å²) in [5.41, 5.74) is -1.50. The molecule has 22 heavy (non-hydrogen) atoms. The summed E-state index contributed by atoms with van der Waals surface area (Å²) in [6.07, 6.45) is -3.65. The van der Waals surface area contributed by atoms with Crippen molar-refractivity contribution in [1.29, 1.82) is 0 Å². The molecule has 1 N–H and O–H groups in total. The number of aliphatic hydroxyl groups is 1. The molecule has 1 aromatic rings. The van der Waals surface area contributed by atoms with Gasteiger partial charge in [0.05, 0.1) is 17.1 Å². The molecule has 1 aromatic carbocycles. The molecular formula is C16H20F3NO2. The van der Waals surface area contributed by atoms with E-state index in [-0.39, 0.29) is 12.5 Å². The van der Waals surface area contributed by atoms with Gasteiger partial charge in [0, 0.05) is 13.1 Å². The third-order valence-corrected chi connectivity index (χ3v) is 4.13. The predicted octanol–water partition coefficient (Wildman–Crippen LogP) is 2.97. The molecule has 2 rings (SSSR count). The number of hydrogen-bond acceptors (Lipinski definition) is 2. The van der Waals surface area contributed by atoms with Gasteiger partial charge in [0.25, 0.3) is 0 Å². The molecule has 0 saturated carbocycles. The van der Waals surface area contributed by atoms with Crippen LogP contribution in [0.15, 0.2) is 24.3 Å². The van der Waals surface area contributed by atoms with E-state index in [2.05, 4.69) is 0 Å². The lowest BCUT2D eigenvalue weighted by Gasteiger charge is -2.36. The van der Waals surface area contributed by atoms with Gasteiger partial charge in [-0.2, -0.15) is 13.2 Å². The molecule has 0 radical (unpaired) electrons. The molecule has 122 valence electrons. The van der Waals surface area contributed by atoms with Crippen molar-refractivity contribution in [1.82, 2.24) is 4.90 Å². The number of likely N-dealkylation sites (tertiary alicyclic amines) is 1. The summed E-state index contributed by atoms with van der Waals surface area (Å²) in [4.78, 5) is 14.2. The lowest BCUT2D eigenvalue weighted by atomic mass is 9.82. The number of aliphatic hydroxyl groups excluding tert-OH is 1. The van der Waals surface area contributed by atoms with Crippen molar-refractivity contribution < 1.29 is 23.1 Å². The van der Waals surface area contributed by atoms with Crippen molar-refractivity contribution >= 4 is 5.91 Å². The van der Waals surface area contributed by atoms with Crippen molar-refractivity contribution in [3.05, 3.63) is 35.4 Å². The summed E-state index contributed by atoms with van der Waals surface area (Å²) >= 11 is 0. The maximum absolute atomic E-state index is 12.8. The van der Waals surface area contributed by atoms with Crippen molar-refractivity contribution in [2.75, 3.05) is 13.1 Å². The zero-order chi connectivity index (χ0) is 16.5. The molecule has 1 amide bonds. The van der Waals surface area contributed by atoms with Gasteiger partial charge < -0.3 is 10.0 Å². The van der Waals surface area contributed by atoms with Gasteiger partial charge in [-0.1, -0.05) is 18.2 Å². The third kappa shape index (κ3) is 3.43. The van der Waals surface area contributed by atoms with E-state index in [0.29, 0.717) is 24.9 Å². The zero-order valence-corrected chi connectivity index (χ0v) is 12.7. The highest BCUT2D eigenvalue weighted by atomic mass is 19.4. The molecule has 1 saturated heterocycles. The predicted molar refractivity (Wildman–Crippen MR) is 76.3 cm³/mol. The number of carbonyl (C=O) groups is 1. The van der Waals surface area contributed by atoms with E-state index in [1.165, 1.54) is 17.0 Å². The van der Waals surface area contributed by atoms with Crippen LogP contribution in [0.1, 0.15) is 37.8 Å². The van der Waals surface area contributed by atoms with E-state index < -0.39 is 23.3 Å². The SMILES string of the molecule is CC(C)(C(=O)N1CCCC(O)C1)c1cccc(C(F)(F)F)c1. The first kappa shape index (κ1) is 16.8. The Hall–Kier alpha value is -1.56. The summed E-state index contributed by atoms with van der Waals surface area (Å²) in [6, 6.07) is 4.87. The zero-order valence-electron chi connectivity index (χ0n) is 12.7. The number of hydrogen-bond donors (Lipinski definition) is 1. The first-order valence-corrected chi connectivity index (χ1v) is 7.27. The number of halogens is 3. The van der Waals surface area contributed by atoms with Crippen LogP contribution in [-0.4, -0.2) is 35.1 Å². The van der Waals surface area contributed by atoms with Gasteiger partial charge in [-0.25, -0.2) is 0 Å². The molecule has 6 heteroatoms. The molecule has 0 aromatic heterocycles. The smallest absolute Gasteiger partial charge is 0.391 e. The minimum atomic E-state index is -4.43. The van der Waals surface area contributed by atoms with Gasteiger partial charge in [-0.05, 0) is 38.3 Å². The molecule has 1 unspecified atom stereocenters. The molecule has 0 spiro atoms. The summed E-state index contributed by atoms with van der Waals surface area (Å²) < 4.78 is 38.5. The number of nitrogens with zero attached hydrogens (tertiary/aromatic N) is 1. The van der Waals surface area contributed by atoms with Crippen LogP contribution in [0, 0.1) is 0 Å². The second-order valence-corrected chi connectivity index (χ2v) is 6.25. The molecule has 1 fully saturated rings. The van der Waals surface area contributed by atoms with E-state index in [1.54, 1.807) is 13.8 Å². The molecule has 1 aliphatic rings. The second kappa shape index (κ2) is 5.91. The lowest BCUT2D eigenvalue weighted by molar-refractivity contribution is -0.140. The number of amides is 1. The van der Waals surface area contributed by atoms with Gasteiger partial charge in [0.1, 0.15) is 0 Å². The van der Waals surface area contributed by atoms with Crippen LogP contribution in [0.5, 0.6) is 0 Å². The van der Waals surface area contributed by atoms with Gasteiger partial charge in [0.2, 0.25) is 5.91 Å². The number of piperidine rings is 1. The van der Waals surface area contributed by atoms with E-state index in [0.717, 1.165) is 12.1 Å². The molecule has 3 nitrogen and oxygen atoms in total. The maximum Gasteiger partial charge on any atom is 0.416 e. The summed E-state index contributed by atoms with van der Waals surface area (Å²) in [5.74, 6) is -0.259. The highest BCUT2D eigenvalue weighted by Crippen LogP contribution is 2.34. The highest BCUT2D eigenvalue weighted by Gasteiger charge is 2.37. The number of carbonyl (C=O) groups excluding carboxylic acids is 1. The van der Waals surface area contributed by atoms with Gasteiger partial charge in [0.15, 0.2) is 0 Å². The van der Waals surface area contributed by atoms with Crippen molar-refractivity contribution in [3.63, 3.8) is 0 Å². The van der Waals surface area contributed by atoms with E-state index in [9.17, 15) is 23.1 Å². The Kier molecular flexibility index (Phi) is 4.52. The molecule has 1 atom stereocenters. The standard InChI is InChI=1S/C16H20F3NO2/c1-15(2,14(22)20-8-4-7-13(21)10-20)11-5-3-6-12(9-11)16(17,18)19/h3,5-6,9,13,21H,4,7-8,10H2,1-2H3. The number of rotatable bonds is 2. The Morgan fingerprint density at radius 1 is 1.27 bits per heavy atom.